The van der Waals surface area contributed by atoms with Crippen LogP contribution in [0.1, 0.15) is 28.9 Å². The van der Waals surface area contributed by atoms with Crippen LogP contribution in [0.5, 0.6) is 0 Å². The van der Waals surface area contributed by atoms with Crippen LogP contribution >= 0.6 is 11.8 Å². The molecule has 7 N–H and O–H groups in total. The molecule has 0 spiro atoms. The van der Waals surface area contributed by atoms with Gasteiger partial charge in [0.2, 0.25) is 5.95 Å². The zero-order chi connectivity index (χ0) is 23.3. The van der Waals surface area contributed by atoms with Crippen molar-refractivity contribution in [3.63, 3.8) is 0 Å². The van der Waals surface area contributed by atoms with Crippen LogP contribution < -0.4 is 16.6 Å². The minimum atomic E-state index is -1.29. The maximum absolute atomic E-state index is 12.3. The number of nitrogens with two attached hydrogens (primary N) is 1. The highest BCUT2D eigenvalue weighted by Crippen LogP contribution is 2.20. The number of benzene rings is 1. The number of fused-ring (bicyclic) bond motifs is 1. The van der Waals surface area contributed by atoms with Crippen molar-refractivity contribution in [3.8, 4) is 0 Å². The van der Waals surface area contributed by atoms with E-state index in [1.54, 1.807) is 42.1 Å². The summed E-state index contributed by atoms with van der Waals surface area (Å²) in [6, 6.07) is 7.08. The highest BCUT2D eigenvalue weighted by Gasteiger charge is 2.21. The van der Waals surface area contributed by atoms with Gasteiger partial charge in [0, 0.05) is 28.3 Å². The van der Waals surface area contributed by atoms with Gasteiger partial charge in [-0.1, -0.05) is 0 Å². The number of carbonyl (C=O) groups excluding carboxylic acids is 1. The molecule has 1 amide bonds. The number of aryl methyl sites for hydroxylation is 1. The van der Waals surface area contributed by atoms with Crippen LogP contribution in [-0.4, -0.2) is 54.8 Å². The fourth-order valence-electron chi connectivity index (χ4n) is 2.97. The molecule has 0 aliphatic rings. The molecule has 1 atom stereocenters. The number of carboxylic acid groups (broad SMARTS) is 2. The monoisotopic (exact) mass is 459 g/mol. The summed E-state index contributed by atoms with van der Waals surface area (Å²) in [5.41, 5.74) is 6.79. The minimum Gasteiger partial charge on any atom is -0.481 e. The van der Waals surface area contributed by atoms with Gasteiger partial charge < -0.3 is 26.2 Å². The summed E-state index contributed by atoms with van der Waals surface area (Å²) >= 11 is 1.54. The van der Waals surface area contributed by atoms with Crippen molar-refractivity contribution >= 4 is 46.6 Å². The lowest BCUT2D eigenvalue weighted by molar-refractivity contribution is -0.140. The first-order valence-electron chi connectivity index (χ1n) is 9.58. The summed E-state index contributed by atoms with van der Waals surface area (Å²) in [4.78, 5) is 56.5. The molecule has 0 radical (unpaired) electrons. The lowest BCUT2D eigenvalue weighted by Gasteiger charge is -2.13. The topological polar surface area (TPSA) is 191 Å². The van der Waals surface area contributed by atoms with Crippen LogP contribution in [-0.2, 0) is 16.0 Å². The van der Waals surface area contributed by atoms with E-state index >= 15 is 0 Å². The fourth-order valence-corrected chi connectivity index (χ4v) is 3.86. The number of nitrogens with zero attached hydrogens (tertiary/aromatic N) is 1. The first-order chi connectivity index (χ1) is 15.2. The second-order valence-corrected chi connectivity index (χ2v) is 8.10. The van der Waals surface area contributed by atoms with Crippen LogP contribution in [0, 0.1) is 0 Å². The van der Waals surface area contributed by atoms with Gasteiger partial charge in [-0.3, -0.25) is 19.4 Å². The van der Waals surface area contributed by atoms with Gasteiger partial charge in [-0.25, -0.2) is 4.79 Å². The summed E-state index contributed by atoms with van der Waals surface area (Å²) in [6.45, 7) is 0. The molecule has 0 bridgehead atoms. The smallest absolute Gasteiger partial charge is 0.326 e. The van der Waals surface area contributed by atoms with Gasteiger partial charge in [0.05, 0.1) is 5.39 Å². The van der Waals surface area contributed by atoms with E-state index in [1.165, 1.54) is 0 Å². The molecule has 32 heavy (non-hydrogen) atoms. The largest absolute Gasteiger partial charge is 0.481 e. The van der Waals surface area contributed by atoms with Crippen molar-refractivity contribution in [2.75, 3.05) is 11.5 Å². The molecule has 3 rings (SSSR count). The van der Waals surface area contributed by atoms with Crippen molar-refractivity contribution in [2.45, 2.75) is 30.2 Å². The van der Waals surface area contributed by atoms with Gasteiger partial charge in [-0.2, -0.15) is 4.98 Å². The Balaban J connectivity index is 1.54. The Hall–Kier alpha value is -3.80. The molecular formula is C20H21N5O6S. The molecule has 168 valence electrons. The third-order valence-corrected chi connectivity index (χ3v) is 5.59. The van der Waals surface area contributed by atoms with Crippen LogP contribution in [0.4, 0.5) is 5.95 Å². The van der Waals surface area contributed by atoms with Crippen molar-refractivity contribution in [2.24, 2.45) is 0 Å². The second kappa shape index (κ2) is 10.0. The SMILES string of the molecule is Nc1nc2[nH]c(CCSc3ccc(C(=O)N[C@@H](CCC(=O)O)C(=O)O)cc3)cc2c(=O)[nH]1. The summed E-state index contributed by atoms with van der Waals surface area (Å²) in [6.07, 6.45) is 0.0829. The maximum Gasteiger partial charge on any atom is 0.326 e. The van der Waals surface area contributed by atoms with E-state index in [1.807, 2.05) is 0 Å². The van der Waals surface area contributed by atoms with Gasteiger partial charge in [0.15, 0.2) is 0 Å². The Morgan fingerprint density at radius 3 is 2.53 bits per heavy atom. The second-order valence-electron chi connectivity index (χ2n) is 6.93. The number of carboxylic acids is 2. The van der Waals surface area contributed by atoms with Gasteiger partial charge >= 0.3 is 11.9 Å². The minimum absolute atomic E-state index is 0.0472. The van der Waals surface area contributed by atoms with E-state index in [0.717, 1.165) is 10.6 Å². The summed E-state index contributed by atoms with van der Waals surface area (Å²) < 4.78 is 0. The zero-order valence-corrected chi connectivity index (χ0v) is 17.6. The van der Waals surface area contributed by atoms with Gasteiger partial charge in [-0.15, -0.1) is 11.8 Å². The first kappa shape index (κ1) is 22.9. The maximum atomic E-state index is 12.3. The number of amides is 1. The molecule has 0 aliphatic heterocycles. The van der Waals surface area contributed by atoms with Crippen molar-refractivity contribution < 1.29 is 24.6 Å². The molecular weight excluding hydrogens is 438 g/mol. The van der Waals surface area contributed by atoms with Crippen LogP contribution in [0.15, 0.2) is 40.0 Å². The average Bonchev–Trinajstić information content (AvgIpc) is 3.14. The van der Waals surface area contributed by atoms with E-state index < -0.39 is 23.9 Å². The first-order valence-corrected chi connectivity index (χ1v) is 10.6. The fraction of sp³-hybridized carbons (Fsp3) is 0.250. The summed E-state index contributed by atoms with van der Waals surface area (Å²) in [5.74, 6) is -2.27. The Labute approximate surface area is 185 Å². The van der Waals surface area contributed by atoms with E-state index in [9.17, 15) is 19.2 Å². The van der Waals surface area contributed by atoms with Crippen LogP contribution in [0.2, 0.25) is 0 Å². The standard InChI is InChI=1S/C20H21N5O6S/c21-20-24-16-13(18(29)25-20)9-11(22-16)7-8-32-12-3-1-10(2-4-12)17(28)23-14(19(30)31)5-6-15(26)27/h1-4,9,14H,5-8H2,(H,23,28)(H,26,27)(H,30,31)(H4,21,22,24,25,29)/t14-/m0/s1. The molecule has 3 aromatic rings. The predicted molar refractivity (Wildman–Crippen MR) is 118 cm³/mol. The van der Waals surface area contributed by atoms with Crippen LogP contribution in [0.3, 0.4) is 0 Å². The number of hydrogen-bond acceptors (Lipinski definition) is 7. The molecule has 0 saturated carbocycles. The molecule has 0 unspecified atom stereocenters. The number of aliphatic carboxylic acids is 2. The van der Waals surface area contributed by atoms with Crippen molar-refractivity contribution in [1.29, 1.82) is 0 Å². The molecule has 0 saturated heterocycles. The number of rotatable bonds is 10. The number of nitrogens with one attached hydrogen (secondary N) is 3. The van der Waals surface area contributed by atoms with Gasteiger partial charge in [-0.05, 0) is 43.2 Å². The zero-order valence-electron chi connectivity index (χ0n) is 16.8. The van der Waals surface area contributed by atoms with E-state index in [-0.39, 0.29) is 29.9 Å². The quantitative estimate of drug-likeness (QED) is 0.242. The highest BCUT2D eigenvalue weighted by molar-refractivity contribution is 7.99. The predicted octanol–water partition coefficient (Wildman–Crippen LogP) is 1.22. The lowest BCUT2D eigenvalue weighted by Crippen LogP contribution is -2.41. The molecule has 0 aliphatic carbocycles. The third kappa shape index (κ3) is 5.88. The number of thioether (sulfide) groups is 1. The Kier molecular flexibility index (Phi) is 7.15. The number of hydrogen-bond donors (Lipinski definition) is 6. The van der Waals surface area contributed by atoms with E-state index in [4.69, 9.17) is 15.9 Å². The number of nitrogen functional groups attached to an aromatic ring is 1. The third-order valence-electron chi connectivity index (χ3n) is 4.58. The molecule has 2 aromatic heterocycles. The molecule has 2 heterocycles. The normalized spacial score (nSPS) is 11.9. The lowest BCUT2D eigenvalue weighted by atomic mass is 10.1. The average molecular weight is 459 g/mol. The molecule has 11 nitrogen and oxygen atoms in total. The van der Waals surface area contributed by atoms with E-state index in [0.29, 0.717) is 23.2 Å². The molecule has 12 heteroatoms. The number of anilines is 1. The van der Waals surface area contributed by atoms with E-state index in [2.05, 4.69) is 20.3 Å². The van der Waals surface area contributed by atoms with Gasteiger partial charge in [0.1, 0.15) is 11.7 Å². The Bertz CT molecular complexity index is 1200. The Morgan fingerprint density at radius 1 is 1.16 bits per heavy atom. The number of aromatic nitrogens is 3. The number of aromatic amines is 2. The molecule has 1 aromatic carbocycles. The summed E-state index contributed by atoms with van der Waals surface area (Å²) in [5, 5.41) is 20.6. The Morgan fingerprint density at radius 2 is 1.88 bits per heavy atom. The van der Waals surface area contributed by atoms with Gasteiger partial charge in [0.25, 0.3) is 11.5 Å². The van der Waals surface area contributed by atoms with Crippen molar-refractivity contribution in [1.82, 2.24) is 20.3 Å². The summed E-state index contributed by atoms with van der Waals surface area (Å²) in [7, 11) is 0. The number of H-pyrrole nitrogens is 2. The van der Waals surface area contributed by atoms with Crippen molar-refractivity contribution in [3.05, 3.63) is 51.9 Å². The highest BCUT2D eigenvalue weighted by atomic mass is 32.2. The molecule has 0 fully saturated rings. The number of carbonyl (C=O) groups is 3. The van der Waals surface area contributed by atoms with Crippen LogP contribution in [0.25, 0.3) is 11.0 Å².